The van der Waals surface area contributed by atoms with Crippen molar-refractivity contribution >= 4 is 46.9 Å². The van der Waals surface area contributed by atoms with Crippen LogP contribution in [0.4, 0.5) is 0 Å². The minimum Gasteiger partial charge on any atom is -0.492 e. The van der Waals surface area contributed by atoms with Gasteiger partial charge in [0.2, 0.25) is 0 Å². The number of hydrogen-bond donors (Lipinski definition) is 0. The van der Waals surface area contributed by atoms with Crippen molar-refractivity contribution in [3.05, 3.63) is 77.9 Å². The molecule has 234 valence electrons. The van der Waals surface area contributed by atoms with Crippen LogP contribution in [0.5, 0.6) is 5.75 Å². The van der Waals surface area contributed by atoms with E-state index in [9.17, 15) is 21.6 Å². The molecule has 5 rings (SSSR count). The zero-order valence-electron chi connectivity index (χ0n) is 25.3. The first kappa shape index (κ1) is 32.3. The third-order valence-corrected chi connectivity index (χ3v) is 13.0. The highest BCUT2D eigenvalue weighted by atomic mass is 32.2. The quantitative estimate of drug-likeness (QED) is 0.143. The predicted octanol–water partition coefficient (Wildman–Crippen LogP) is 7.03. The van der Waals surface area contributed by atoms with E-state index in [1.807, 2.05) is 13.8 Å². The maximum atomic E-state index is 14.1. The molecule has 1 aliphatic heterocycles. The lowest BCUT2D eigenvalue weighted by Gasteiger charge is -2.26. The molecule has 4 aromatic rings. The summed E-state index contributed by atoms with van der Waals surface area (Å²) in [5.74, 6) is 0.607. The van der Waals surface area contributed by atoms with Crippen molar-refractivity contribution in [2.24, 2.45) is 0 Å². The van der Waals surface area contributed by atoms with E-state index in [-0.39, 0.29) is 27.1 Å². The third-order valence-electron chi connectivity index (χ3n) is 7.91. The highest BCUT2D eigenvalue weighted by Crippen LogP contribution is 2.41. The molecule has 1 saturated heterocycles. The number of benzene rings is 3. The van der Waals surface area contributed by atoms with Gasteiger partial charge in [0.15, 0.2) is 25.5 Å². The average Bonchev–Trinajstić information content (AvgIpc) is 3.41. The number of ketones is 1. The number of carbonyl (C=O) groups is 1. The first-order valence-electron chi connectivity index (χ1n) is 15.3. The molecule has 0 aliphatic carbocycles. The van der Waals surface area contributed by atoms with Crippen LogP contribution >= 0.6 is 11.3 Å². The normalized spacial score (nSPS) is 14.6. The Bertz CT molecular complexity index is 1820. The summed E-state index contributed by atoms with van der Waals surface area (Å²) in [5, 5.41) is 0.662. The van der Waals surface area contributed by atoms with Crippen molar-refractivity contribution in [2.45, 2.75) is 55.7 Å². The van der Waals surface area contributed by atoms with Crippen molar-refractivity contribution in [3.8, 4) is 16.2 Å². The third kappa shape index (κ3) is 7.25. The average molecular weight is 654 g/mol. The number of rotatable bonds is 13. The van der Waals surface area contributed by atoms with Crippen molar-refractivity contribution in [1.29, 1.82) is 0 Å². The summed E-state index contributed by atoms with van der Waals surface area (Å²) in [6.45, 7) is 7.32. The van der Waals surface area contributed by atoms with Gasteiger partial charge in [-0.3, -0.25) is 9.69 Å². The minimum atomic E-state index is -3.45. The molecule has 2 heterocycles. The van der Waals surface area contributed by atoms with E-state index in [1.165, 1.54) is 30.6 Å². The molecule has 1 fully saturated rings. The predicted molar refractivity (Wildman–Crippen MR) is 178 cm³/mol. The zero-order chi connectivity index (χ0) is 31.3. The van der Waals surface area contributed by atoms with Crippen molar-refractivity contribution in [3.63, 3.8) is 0 Å². The molecule has 10 heteroatoms. The number of likely N-dealkylation sites (tertiary alicyclic amines) is 1. The van der Waals surface area contributed by atoms with Crippen LogP contribution in [0.3, 0.4) is 0 Å². The molecule has 1 aliphatic rings. The Kier molecular flexibility index (Phi) is 10.2. The van der Waals surface area contributed by atoms with Crippen LogP contribution in [0, 0.1) is 0 Å². The number of thiophene rings is 1. The van der Waals surface area contributed by atoms with E-state index in [1.54, 1.807) is 66.7 Å². The monoisotopic (exact) mass is 653 g/mol. The van der Waals surface area contributed by atoms with Gasteiger partial charge in [-0.25, -0.2) is 16.8 Å². The molecule has 0 amide bonds. The van der Waals surface area contributed by atoms with Crippen LogP contribution in [0.25, 0.3) is 20.5 Å². The van der Waals surface area contributed by atoms with Gasteiger partial charge in [-0.05, 0) is 92.9 Å². The second-order valence-corrected chi connectivity index (χ2v) is 16.5. The number of ether oxygens (including phenoxy) is 1. The Morgan fingerprint density at radius 2 is 1.41 bits per heavy atom. The molecule has 0 atom stereocenters. The molecule has 0 radical (unpaired) electrons. The van der Waals surface area contributed by atoms with Crippen molar-refractivity contribution in [1.82, 2.24) is 4.90 Å². The molecule has 0 saturated carbocycles. The molecule has 0 unspecified atom stereocenters. The Morgan fingerprint density at radius 3 is 2.05 bits per heavy atom. The smallest absolute Gasteiger partial charge is 0.195 e. The van der Waals surface area contributed by atoms with Gasteiger partial charge >= 0.3 is 0 Å². The number of sulfone groups is 2. The Morgan fingerprint density at radius 1 is 0.795 bits per heavy atom. The van der Waals surface area contributed by atoms with E-state index >= 15 is 0 Å². The molecule has 7 nitrogen and oxygen atoms in total. The van der Waals surface area contributed by atoms with Gasteiger partial charge in [0.25, 0.3) is 0 Å². The standard InChI is InChI=1S/C34H39NO6S3/c1-3-22-43(37,38)28-14-10-26(11-15-28)34-32(30-17-16-29(24-31(30)42-34)44(39,40)23-4-2)33(36)25-8-12-27(13-9-25)41-21-20-35-18-6-5-7-19-35/h8-17,24H,3-7,18-23H2,1-2H3. The lowest BCUT2D eigenvalue weighted by Crippen LogP contribution is -2.33. The molecule has 44 heavy (non-hydrogen) atoms. The minimum absolute atomic E-state index is 0.0443. The van der Waals surface area contributed by atoms with Gasteiger partial charge in [-0.2, -0.15) is 0 Å². The van der Waals surface area contributed by atoms with Crippen molar-refractivity contribution in [2.75, 3.05) is 37.7 Å². The second kappa shape index (κ2) is 13.9. The molecule has 3 aromatic carbocycles. The summed E-state index contributed by atoms with van der Waals surface area (Å²) in [4.78, 5) is 17.6. The second-order valence-electron chi connectivity index (χ2n) is 11.2. The summed E-state index contributed by atoms with van der Waals surface area (Å²) >= 11 is 1.34. The number of carbonyl (C=O) groups excluding carboxylic acids is 1. The molecule has 0 spiro atoms. The number of piperidine rings is 1. The zero-order valence-corrected chi connectivity index (χ0v) is 27.7. The Hall–Kier alpha value is -3.05. The maximum Gasteiger partial charge on any atom is 0.195 e. The summed E-state index contributed by atoms with van der Waals surface area (Å²) < 4.78 is 57.6. The Balaban J connectivity index is 1.48. The molecule has 0 bridgehead atoms. The fourth-order valence-corrected chi connectivity index (χ4v) is 9.60. The van der Waals surface area contributed by atoms with E-state index in [4.69, 9.17) is 4.74 Å². The molecular formula is C34H39NO6S3. The van der Waals surface area contributed by atoms with Gasteiger partial charge in [-0.15, -0.1) is 11.3 Å². The van der Waals surface area contributed by atoms with Gasteiger partial charge in [0, 0.05) is 32.6 Å². The van der Waals surface area contributed by atoms with E-state index < -0.39 is 19.7 Å². The van der Waals surface area contributed by atoms with Gasteiger partial charge in [0.1, 0.15) is 12.4 Å². The van der Waals surface area contributed by atoms with Crippen LogP contribution < -0.4 is 4.74 Å². The summed E-state index contributed by atoms with van der Waals surface area (Å²) in [7, 11) is -6.84. The van der Waals surface area contributed by atoms with E-state index in [0.717, 1.165) is 19.6 Å². The summed E-state index contributed by atoms with van der Waals surface area (Å²) in [6, 6.07) is 18.6. The highest BCUT2D eigenvalue weighted by Gasteiger charge is 2.24. The Labute approximate surface area is 264 Å². The lowest BCUT2D eigenvalue weighted by molar-refractivity contribution is 0.104. The van der Waals surface area contributed by atoms with Crippen molar-refractivity contribution < 1.29 is 26.4 Å². The fraction of sp³-hybridized carbons (Fsp3) is 0.382. The summed E-state index contributed by atoms with van der Waals surface area (Å²) in [5.41, 5.74) is 1.65. The SMILES string of the molecule is CCCS(=O)(=O)c1ccc(-c2sc3cc(S(=O)(=O)CCC)ccc3c2C(=O)c2ccc(OCCN3CCCCC3)cc2)cc1. The van der Waals surface area contributed by atoms with Gasteiger partial charge < -0.3 is 4.74 Å². The first-order valence-corrected chi connectivity index (χ1v) is 19.4. The van der Waals surface area contributed by atoms with Crippen LogP contribution in [0.2, 0.25) is 0 Å². The number of hydrogen-bond acceptors (Lipinski definition) is 8. The first-order chi connectivity index (χ1) is 21.1. The maximum absolute atomic E-state index is 14.1. The fourth-order valence-electron chi connectivity index (χ4n) is 5.61. The largest absolute Gasteiger partial charge is 0.492 e. The van der Waals surface area contributed by atoms with E-state index in [0.29, 0.717) is 56.9 Å². The van der Waals surface area contributed by atoms with Crippen LogP contribution in [0.15, 0.2) is 76.5 Å². The van der Waals surface area contributed by atoms with Crippen LogP contribution in [0.1, 0.15) is 61.9 Å². The van der Waals surface area contributed by atoms with Crippen LogP contribution in [-0.4, -0.2) is 65.3 Å². The lowest BCUT2D eigenvalue weighted by atomic mass is 9.97. The number of fused-ring (bicyclic) bond motifs is 1. The topological polar surface area (TPSA) is 97.8 Å². The van der Waals surface area contributed by atoms with Gasteiger partial charge in [0.05, 0.1) is 21.3 Å². The molecular weight excluding hydrogens is 615 g/mol. The molecule has 0 N–H and O–H groups in total. The highest BCUT2D eigenvalue weighted by molar-refractivity contribution is 7.91. The van der Waals surface area contributed by atoms with Gasteiger partial charge in [-0.1, -0.05) is 38.5 Å². The number of nitrogens with zero attached hydrogens (tertiary/aromatic N) is 1. The summed E-state index contributed by atoms with van der Waals surface area (Å²) in [6.07, 6.45) is 4.77. The van der Waals surface area contributed by atoms with Crippen LogP contribution in [-0.2, 0) is 19.7 Å². The molecule has 1 aromatic heterocycles. The van der Waals surface area contributed by atoms with E-state index in [2.05, 4.69) is 4.90 Å².